The Labute approximate surface area is 176 Å². The van der Waals surface area contributed by atoms with Crippen molar-refractivity contribution in [2.45, 2.75) is 38.4 Å². The number of carbonyl (C=O) groups is 3. The quantitative estimate of drug-likeness (QED) is 0.457. The third-order valence-electron chi connectivity index (χ3n) is 5.03. The van der Waals surface area contributed by atoms with Crippen molar-refractivity contribution in [3.63, 3.8) is 0 Å². The molecule has 1 saturated heterocycles. The summed E-state index contributed by atoms with van der Waals surface area (Å²) >= 11 is 0. The highest BCUT2D eigenvalue weighted by atomic mass is 16.5. The number of nitrogens with zero attached hydrogens (tertiary/aromatic N) is 2. The van der Waals surface area contributed by atoms with Crippen LogP contribution in [0, 0.1) is 0 Å². The molecule has 0 radical (unpaired) electrons. The van der Waals surface area contributed by atoms with Gasteiger partial charge in [-0.2, -0.15) is 0 Å². The number of hydrogen-bond acceptors (Lipinski definition) is 7. The van der Waals surface area contributed by atoms with E-state index in [2.05, 4.69) is 0 Å². The van der Waals surface area contributed by atoms with Crippen molar-refractivity contribution in [2.75, 3.05) is 27.3 Å². The highest BCUT2D eigenvalue weighted by Crippen LogP contribution is 2.29. The molecule has 1 heterocycles. The Kier molecular flexibility index (Phi) is 7.58. The van der Waals surface area contributed by atoms with E-state index in [1.54, 1.807) is 18.2 Å². The molecule has 1 fully saturated rings. The van der Waals surface area contributed by atoms with Crippen LogP contribution in [0.4, 0.5) is 4.79 Å². The average Bonchev–Trinajstić information content (AvgIpc) is 2.76. The molecule has 3 amide bonds. The van der Waals surface area contributed by atoms with E-state index in [1.165, 1.54) is 31.3 Å². The van der Waals surface area contributed by atoms with Gasteiger partial charge in [-0.3, -0.25) is 14.5 Å². The fraction of sp³-hybridized carbons (Fsp3) is 0.476. The first-order valence-corrected chi connectivity index (χ1v) is 9.87. The minimum atomic E-state index is -2.06. The van der Waals surface area contributed by atoms with Crippen LogP contribution in [0.1, 0.15) is 32.3 Å². The molecule has 2 unspecified atom stereocenters. The second kappa shape index (κ2) is 9.73. The van der Waals surface area contributed by atoms with Gasteiger partial charge >= 0.3 is 6.03 Å². The third-order valence-corrected chi connectivity index (χ3v) is 5.03. The lowest BCUT2D eigenvalue weighted by molar-refractivity contribution is -0.146. The van der Waals surface area contributed by atoms with Crippen molar-refractivity contribution >= 4 is 23.8 Å². The highest BCUT2D eigenvalue weighted by Gasteiger charge is 2.57. The number of benzene rings is 1. The van der Waals surface area contributed by atoms with Crippen molar-refractivity contribution in [1.29, 1.82) is 0 Å². The zero-order valence-electron chi connectivity index (χ0n) is 17.9. The van der Waals surface area contributed by atoms with Crippen molar-refractivity contribution in [3.8, 4) is 11.5 Å². The molecule has 9 heteroatoms. The van der Waals surface area contributed by atoms with E-state index < -0.39 is 29.4 Å². The molecule has 164 valence electrons. The number of nitrogens with two attached hydrogens (primary N) is 2. The number of hydrogen-bond donors (Lipinski definition) is 2. The molecule has 1 aliphatic heterocycles. The van der Waals surface area contributed by atoms with Gasteiger partial charge < -0.3 is 25.8 Å². The Morgan fingerprint density at radius 1 is 1.13 bits per heavy atom. The zero-order valence-corrected chi connectivity index (χ0v) is 17.9. The molecular formula is C21H30N4O5. The molecule has 0 bridgehead atoms. The lowest BCUT2D eigenvalue weighted by Crippen LogP contribution is -2.79. The van der Waals surface area contributed by atoms with Crippen LogP contribution in [0.15, 0.2) is 24.3 Å². The lowest BCUT2D eigenvalue weighted by atomic mass is 9.86. The van der Waals surface area contributed by atoms with Gasteiger partial charge in [0.25, 0.3) is 5.91 Å². The number of carbonyl (C=O) groups excluding carboxylic acids is 3. The fourth-order valence-corrected chi connectivity index (χ4v) is 3.37. The molecule has 0 spiro atoms. The van der Waals surface area contributed by atoms with Gasteiger partial charge in [0.2, 0.25) is 0 Å². The monoisotopic (exact) mass is 418 g/mol. The normalized spacial score (nSPS) is 22.0. The molecule has 30 heavy (non-hydrogen) atoms. The van der Waals surface area contributed by atoms with Gasteiger partial charge in [0.05, 0.1) is 14.2 Å². The van der Waals surface area contributed by atoms with E-state index in [0.717, 1.165) is 4.90 Å². The van der Waals surface area contributed by atoms with Gasteiger partial charge in [0.15, 0.2) is 22.8 Å². The van der Waals surface area contributed by atoms with Crippen LogP contribution in [0.2, 0.25) is 0 Å². The number of ether oxygens (including phenoxy) is 2. The maximum absolute atomic E-state index is 13.1. The summed E-state index contributed by atoms with van der Waals surface area (Å²) in [6, 6.07) is 4.59. The van der Waals surface area contributed by atoms with E-state index in [9.17, 15) is 14.4 Å². The molecule has 2 atom stereocenters. The topological polar surface area (TPSA) is 128 Å². The lowest BCUT2D eigenvalue weighted by Gasteiger charge is -2.47. The predicted octanol–water partition coefficient (Wildman–Crippen LogP) is 1.35. The van der Waals surface area contributed by atoms with Crippen LogP contribution in [0.3, 0.4) is 0 Å². The van der Waals surface area contributed by atoms with Crippen molar-refractivity contribution in [1.82, 2.24) is 9.80 Å². The van der Waals surface area contributed by atoms with Gasteiger partial charge in [0, 0.05) is 13.1 Å². The fourth-order valence-electron chi connectivity index (χ4n) is 3.37. The molecule has 0 aliphatic carbocycles. The standard InChI is InChI=1S/C21H30N4O5/c1-5-11-24-18(22)21(23,19(27)25(12-6-2)20(24)28)17(26)10-8-14-7-9-15(29-3)16(13-14)30-4/h7-10,13,18H,5-6,11-12,22-23H2,1-4H3. The van der Waals surface area contributed by atoms with E-state index in [4.69, 9.17) is 20.9 Å². The van der Waals surface area contributed by atoms with Crippen LogP contribution < -0.4 is 20.9 Å². The van der Waals surface area contributed by atoms with Gasteiger partial charge in [-0.25, -0.2) is 4.79 Å². The number of amides is 3. The summed E-state index contributed by atoms with van der Waals surface area (Å²) < 4.78 is 10.4. The molecule has 4 N–H and O–H groups in total. The number of imide groups is 1. The molecule has 1 aromatic carbocycles. The third kappa shape index (κ3) is 4.17. The largest absolute Gasteiger partial charge is 0.493 e. The second-order valence-corrected chi connectivity index (χ2v) is 7.06. The second-order valence-electron chi connectivity index (χ2n) is 7.06. The molecule has 0 aromatic heterocycles. The molecule has 1 aliphatic rings. The SMILES string of the molecule is CCCN1C(=O)N(CCC)C(N)C(N)(C(=O)C=Cc2ccc(OC)c(OC)c2)C1=O. The van der Waals surface area contributed by atoms with Gasteiger partial charge in [-0.05, 0) is 36.6 Å². The summed E-state index contributed by atoms with van der Waals surface area (Å²) in [6.07, 6.45) is 2.62. The van der Waals surface area contributed by atoms with E-state index in [0.29, 0.717) is 36.4 Å². The first kappa shape index (κ1) is 23.4. The summed E-state index contributed by atoms with van der Waals surface area (Å²) in [4.78, 5) is 41.1. The number of rotatable bonds is 9. The Hall–Kier alpha value is -2.91. The van der Waals surface area contributed by atoms with E-state index in [1.807, 2.05) is 13.8 Å². The maximum atomic E-state index is 13.1. The molecule has 9 nitrogen and oxygen atoms in total. The van der Waals surface area contributed by atoms with E-state index in [-0.39, 0.29) is 6.54 Å². The summed E-state index contributed by atoms with van der Waals surface area (Å²) in [5, 5.41) is 0. The highest BCUT2D eigenvalue weighted by molar-refractivity contribution is 6.21. The van der Waals surface area contributed by atoms with Gasteiger partial charge in [-0.1, -0.05) is 26.0 Å². The Morgan fingerprint density at radius 2 is 1.77 bits per heavy atom. The van der Waals surface area contributed by atoms with Crippen molar-refractivity contribution < 1.29 is 23.9 Å². The van der Waals surface area contributed by atoms with Crippen LogP contribution >= 0.6 is 0 Å². The molecule has 1 aromatic rings. The molecule has 0 saturated carbocycles. The summed E-state index contributed by atoms with van der Waals surface area (Å²) in [5.74, 6) is -0.417. The summed E-state index contributed by atoms with van der Waals surface area (Å²) in [5.41, 5.74) is 11.1. The van der Waals surface area contributed by atoms with Gasteiger partial charge in [-0.15, -0.1) is 0 Å². The first-order chi connectivity index (χ1) is 14.3. The van der Waals surface area contributed by atoms with Gasteiger partial charge in [0.1, 0.15) is 6.17 Å². The van der Waals surface area contributed by atoms with Crippen LogP contribution in [-0.4, -0.2) is 66.5 Å². The maximum Gasteiger partial charge on any atom is 0.328 e. The van der Waals surface area contributed by atoms with Crippen molar-refractivity contribution in [2.24, 2.45) is 11.5 Å². The average molecular weight is 418 g/mol. The minimum absolute atomic E-state index is 0.163. The zero-order chi connectivity index (χ0) is 22.5. The summed E-state index contributed by atoms with van der Waals surface area (Å²) in [6.45, 7) is 4.16. The number of ketones is 1. The Bertz CT molecular complexity index is 841. The minimum Gasteiger partial charge on any atom is -0.493 e. The Morgan fingerprint density at radius 3 is 2.33 bits per heavy atom. The smallest absolute Gasteiger partial charge is 0.328 e. The number of methoxy groups -OCH3 is 2. The summed E-state index contributed by atoms with van der Waals surface area (Å²) in [7, 11) is 3.03. The van der Waals surface area contributed by atoms with Crippen molar-refractivity contribution in [3.05, 3.63) is 29.8 Å². The van der Waals surface area contributed by atoms with Crippen LogP contribution in [0.25, 0.3) is 6.08 Å². The Balaban J connectivity index is 2.38. The predicted molar refractivity (Wildman–Crippen MR) is 113 cm³/mol. The van der Waals surface area contributed by atoms with Crippen LogP contribution in [0.5, 0.6) is 11.5 Å². The molecule has 2 rings (SSSR count). The van der Waals surface area contributed by atoms with Crippen LogP contribution in [-0.2, 0) is 9.59 Å². The number of urea groups is 1. The molecular weight excluding hydrogens is 388 g/mol. The first-order valence-electron chi connectivity index (χ1n) is 9.87. The van der Waals surface area contributed by atoms with E-state index >= 15 is 0 Å².